The van der Waals surface area contributed by atoms with Crippen LogP contribution in [0.1, 0.15) is 30.6 Å². The number of carbonyl (C=O) groups excluding carboxylic acids is 1. The van der Waals surface area contributed by atoms with Gasteiger partial charge in [-0.3, -0.25) is 4.79 Å². The fraction of sp³-hybridized carbons (Fsp3) is 0.526. The number of nitrogens with one attached hydrogen (secondary N) is 1. The molecule has 4 rings (SSSR count). The Labute approximate surface area is 146 Å². The molecule has 1 unspecified atom stereocenters. The zero-order valence-electron chi connectivity index (χ0n) is 13.8. The number of thiophene rings is 1. The van der Waals surface area contributed by atoms with Crippen LogP contribution in [0.4, 0.5) is 0 Å². The predicted molar refractivity (Wildman–Crippen MR) is 97.0 cm³/mol. The van der Waals surface area contributed by atoms with E-state index in [0.29, 0.717) is 25.4 Å². The summed E-state index contributed by atoms with van der Waals surface area (Å²) in [6.07, 6.45) is 3.91. The van der Waals surface area contributed by atoms with E-state index in [1.54, 1.807) is 11.3 Å². The molecular formula is C19H24N2O2S. The molecule has 1 atom stereocenters. The fourth-order valence-corrected chi connectivity index (χ4v) is 4.57. The van der Waals surface area contributed by atoms with E-state index in [9.17, 15) is 9.90 Å². The van der Waals surface area contributed by atoms with Gasteiger partial charge in [-0.1, -0.05) is 18.2 Å². The van der Waals surface area contributed by atoms with E-state index in [2.05, 4.69) is 23.5 Å². The molecule has 2 aromatic rings. The Morgan fingerprint density at radius 1 is 1.33 bits per heavy atom. The maximum Gasteiger partial charge on any atom is 0.255 e. The Morgan fingerprint density at radius 2 is 2.17 bits per heavy atom. The summed E-state index contributed by atoms with van der Waals surface area (Å²) < 4.78 is 1.28. The molecular weight excluding hydrogens is 320 g/mol. The van der Waals surface area contributed by atoms with E-state index in [4.69, 9.17) is 0 Å². The topological polar surface area (TPSA) is 52.6 Å². The first-order valence-corrected chi connectivity index (χ1v) is 9.66. The fourth-order valence-electron chi connectivity index (χ4n) is 3.53. The number of hydrogen-bond acceptors (Lipinski definition) is 4. The Hall–Kier alpha value is -1.43. The van der Waals surface area contributed by atoms with Crippen molar-refractivity contribution < 1.29 is 9.90 Å². The van der Waals surface area contributed by atoms with Crippen molar-refractivity contribution in [2.75, 3.05) is 19.6 Å². The van der Waals surface area contributed by atoms with Crippen molar-refractivity contribution in [2.24, 2.45) is 5.92 Å². The van der Waals surface area contributed by atoms with Gasteiger partial charge in [-0.05, 0) is 49.1 Å². The van der Waals surface area contributed by atoms with Gasteiger partial charge in [0.05, 0.1) is 0 Å². The number of fused-ring (bicyclic) bond motifs is 1. The van der Waals surface area contributed by atoms with Crippen molar-refractivity contribution in [3.05, 3.63) is 35.2 Å². The minimum absolute atomic E-state index is 0.0792. The smallest absolute Gasteiger partial charge is 0.255 e. The quantitative estimate of drug-likeness (QED) is 0.847. The molecule has 128 valence electrons. The second-order valence-electron chi connectivity index (χ2n) is 7.18. The van der Waals surface area contributed by atoms with Gasteiger partial charge in [0.2, 0.25) is 0 Å². The van der Waals surface area contributed by atoms with E-state index in [0.717, 1.165) is 19.5 Å². The first-order chi connectivity index (χ1) is 11.6. The van der Waals surface area contributed by atoms with Crippen LogP contribution in [-0.2, 0) is 11.3 Å². The largest absolute Gasteiger partial charge is 0.379 e. The predicted octanol–water partition coefficient (Wildman–Crippen LogP) is 2.75. The van der Waals surface area contributed by atoms with Crippen molar-refractivity contribution in [3.8, 4) is 0 Å². The van der Waals surface area contributed by atoms with Crippen molar-refractivity contribution in [2.45, 2.75) is 37.8 Å². The van der Waals surface area contributed by atoms with Gasteiger partial charge in [-0.25, -0.2) is 0 Å². The Kier molecular flexibility index (Phi) is 4.33. The maximum atomic E-state index is 12.6. The van der Waals surface area contributed by atoms with Crippen LogP contribution in [0.25, 0.3) is 10.1 Å². The van der Waals surface area contributed by atoms with Gasteiger partial charge >= 0.3 is 0 Å². The van der Waals surface area contributed by atoms with Gasteiger partial charge < -0.3 is 15.3 Å². The molecule has 2 N–H and O–H groups in total. The lowest BCUT2D eigenvalue weighted by atomic mass is 9.91. The molecule has 2 fully saturated rings. The molecule has 24 heavy (non-hydrogen) atoms. The molecule has 1 amide bonds. The minimum Gasteiger partial charge on any atom is -0.379 e. The number of carbonyl (C=O) groups is 1. The third-order valence-electron chi connectivity index (χ3n) is 5.07. The lowest BCUT2D eigenvalue weighted by Gasteiger charge is -2.38. The molecule has 1 aliphatic carbocycles. The second kappa shape index (κ2) is 6.47. The highest BCUT2D eigenvalue weighted by Crippen LogP contribution is 2.32. The normalized spacial score (nSPS) is 24.7. The molecule has 1 aromatic heterocycles. The van der Waals surface area contributed by atoms with E-state index < -0.39 is 5.60 Å². The summed E-state index contributed by atoms with van der Waals surface area (Å²) in [5.74, 6) is 0.590. The van der Waals surface area contributed by atoms with E-state index in [1.165, 1.54) is 27.8 Å². The van der Waals surface area contributed by atoms with Crippen LogP contribution >= 0.6 is 11.3 Å². The molecule has 1 aliphatic heterocycles. The summed E-state index contributed by atoms with van der Waals surface area (Å²) in [4.78, 5) is 15.7. The van der Waals surface area contributed by atoms with Gasteiger partial charge in [-0.2, -0.15) is 0 Å². The van der Waals surface area contributed by atoms with Crippen LogP contribution in [0.3, 0.4) is 0 Å². The lowest BCUT2D eigenvalue weighted by molar-refractivity contribution is -0.156. The molecule has 4 nitrogen and oxygen atoms in total. The number of nitrogens with zero attached hydrogens (tertiary/aromatic N) is 1. The van der Waals surface area contributed by atoms with E-state index >= 15 is 0 Å². The monoisotopic (exact) mass is 344 g/mol. The molecule has 0 radical (unpaired) electrons. The second-order valence-corrected chi connectivity index (χ2v) is 8.35. The number of benzene rings is 1. The highest BCUT2D eigenvalue weighted by Gasteiger charge is 2.43. The lowest BCUT2D eigenvalue weighted by Crippen LogP contribution is -2.58. The van der Waals surface area contributed by atoms with E-state index in [1.807, 2.05) is 17.0 Å². The third-order valence-corrected chi connectivity index (χ3v) is 6.19. The summed E-state index contributed by atoms with van der Waals surface area (Å²) in [6, 6.07) is 10.5. The number of amides is 1. The van der Waals surface area contributed by atoms with Crippen molar-refractivity contribution in [3.63, 3.8) is 0 Å². The summed E-state index contributed by atoms with van der Waals surface area (Å²) in [7, 11) is 0. The van der Waals surface area contributed by atoms with Crippen molar-refractivity contribution >= 4 is 27.3 Å². The zero-order valence-corrected chi connectivity index (χ0v) is 14.6. The molecule has 1 saturated heterocycles. The average Bonchev–Trinajstić information content (AvgIpc) is 3.29. The number of piperidine rings is 1. The van der Waals surface area contributed by atoms with Crippen LogP contribution in [0.15, 0.2) is 30.3 Å². The van der Waals surface area contributed by atoms with Crippen LogP contribution in [0.2, 0.25) is 0 Å². The third kappa shape index (κ3) is 3.34. The van der Waals surface area contributed by atoms with Crippen LogP contribution in [-0.4, -0.2) is 41.1 Å². The molecule has 5 heteroatoms. The van der Waals surface area contributed by atoms with Crippen LogP contribution < -0.4 is 5.32 Å². The maximum absolute atomic E-state index is 12.6. The van der Waals surface area contributed by atoms with Gasteiger partial charge in [0.15, 0.2) is 5.60 Å². The van der Waals surface area contributed by atoms with E-state index in [-0.39, 0.29) is 5.91 Å². The SMILES string of the molecule is O=C1N(CC2CC2)CCCC1(O)CNCc1cc2ccccc2s1. The van der Waals surface area contributed by atoms with Gasteiger partial charge in [0, 0.05) is 35.8 Å². The molecule has 2 heterocycles. The number of likely N-dealkylation sites (tertiary alicyclic amines) is 1. The Balaban J connectivity index is 1.35. The highest BCUT2D eigenvalue weighted by molar-refractivity contribution is 7.19. The first kappa shape index (κ1) is 16.1. The molecule has 0 bridgehead atoms. The van der Waals surface area contributed by atoms with Gasteiger partial charge in [0.25, 0.3) is 5.91 Å². The highest BCUT2D eigenvalue weighted by atomic mass is 32.1. The molecule has 1 aromatic carbocycles. The van der Waals surface area contributed by atoms with Gasteiger partial charge in [-0.15, -0.1) is 11.3 Å². The van der Waals surface area contributed by atoms with Crippen LogP contribution in [0.5, 0.6) is 0 Å². The summed E-state index contributed by atoms with van der Waals surface area (Å²) in [6.45, 7) is 2.66. The van der Waals surface area contributed by atoms with Gasteiger partial charge in [0.1, 0.15) is 0 Å². The molecule has 0 spiro atoms. The Bertz CT molecular complexity index is 707. The first-order valence-electron chi connectivity index (χ1n) is 8.84. The Morgan fingerprint density at radius 3 is 2.96 bits per heavy atom. The zero-order chi connectivity index (χ0) is 16.6. The summed E-state index contributed by atoms with van der Waals surface area (Å²) >= 11 is 1.76. The molecule has 1 saturated carbocycles. The van der Waals surface area contributed by atoms with Crippen LogP contribution in [0, 0.1) is 5.92 Å². The molecule has 2 aliphatic rings. The number of hydrogen-bond donors (Lipinski definition) is 2. The summed E-state index contributed by atoms with van der Waals surface area (Å²) in [5.41, 5.74) is -1.23. The standard InChI is InChI=1S/C19H24N2O2S/c22-18-19(23,8-3-9-21(18)12-14-6-7-14)13-20-11-16-10-15-4-1-2-5-17(15)24-16/h1-2,4-5,10,14,20,23H,3,6-9,11-13H2. The van der Waals surface area contributed by atoms with Crippen molar-refractivity contribution in [1.29, 1.82) is 0 Å². The average molecular weight is 344 g/mol. The minimum atomic E-state index is -1.23. The summed E-state index contributed by atoms with van der Waals surface area (Å²) in [5, 5.41) is 15.4. The number of aliphatic hydroxyl groups is 1. The number of rotatable bonds is 6. The van der Waals surface area contributed by atoms with Crippen molar-refractivity contribution in [1.82, 2.24) is 10.2 Å².